The van der Waals surface area contributed by atoms with E-state index in [0.29, 0.717) is 36.0 Å². The van der Waals surface area contributed by atoms with Gasteiger partial charge >= 0.3 is 0 Å². The highest BCUT2D eigenvalue weighted by atomic mass is 35.5. The molecular formula is C14H19ClFNO2S. The molecule has 6 heteroatoms. The lowest BCUT2D eigenvalue weighted by atomic mass is 10.1. The summed E-state index contributed by atoms with van der Waals surface area (Å²) in [5, 5.41) is 0. The lowest BCUT2D eigenvalue weighted by Crippen LogP contribution is -2.30. The van der Waals surface area contributed by atoms with Crippen LogP contribution in [0, 0.1) is 25.6 Å². The topological polar surface area (TPSA) is 37.4 Å². The van der Waals surface area contributed by atoms with Crippen LogP contribution in [0.15, 0.2) is 17.0 Å². The Morgan fingerprint density at radius 2 is 1.95 bits per heavy atom. The van der Waals surface area contributed by atoms with Crippen LogP contribution in [0.3, 0.4) is 0 Å². The Kier molecular flexibility index (Phi) is 4.72. The first-order chi connectivity index (χ1) is 9.36. The second-order valence-electron chi connectivity index (χ2n) is 5.36. The fraction of sp³-hybridized carbons (Fsp3) is 0.571. The molecule has 1 aromatic rings. The van der Waals surface area contributed by atoms with E-state index in [2.05, 4.69) is 0 Å². The maximum atomic E-state index is 13.3. The quantitative estimate of drug-likeness (QED) is 0.800. The van der Waals surface area contributed by atoms with E-state index in [1.807, 2.05) is 0 Å². The van der Waals surface area contributed by atoms with Crippen molar-refractivity contribution in [2.24, 2.45) is 5.92 Å². The zero-order valence-corrected chi connectivity index (χ0v) is 13.3. The van der Waals surface area contributed by atoms with Gasteiger partial charge in [-0.1, -0.05) is 0 Å². The Balaban J connectivity index is 2.33. The Bertz CT molecular complexity index is 580. The van der Waals surface area contributed by atoms with Gasteiger partial charge in [-0.25, -0.2) is 12.8 Å². The number of hydrogen-bond acceptors (Lipinski definition) is 2. The van der Waals surface area contributed by atoms with Crippen LogP contribution in [0.25, 0.3) is 0 Å². The van der Waals surface area contributed by atoms with Crippen LogP contribution in [-0.4, -0.2) is 31.7 Å². The van der Waals surface area contributed by atoms with E-state index in [9.17, 15) is 12.8 Å². The maximum Gasteiger partial charge on any atom is 0.243 e. The molecule has 0 aliphatic carbocycles. The van der Waals surface area contributed by atoms with Crippen LogP contribution < -0.4 is 0 Å². The van der Waals surface area contributed by atoms with Crippen molar-refractivity contribution in [3.8, 4) is 0 Å². The van der Waals surface area contributed by atoms with Gasteiger partial charge in [0.05, 0.1) is 4.90 Å². The van der Waals surface area contributed by atoms with Crippen LogP contribution in [0.5, 0.6) is 0 Å². The largest absolute Gasteiger partial charge is 0.243 e. The SMILES string of the molecule is Cc1cc(F)cc(C)c1S(=O)(=O)N1CCC(CCCl)C1. The van der Waals surface area contributed by atoms with E-state index in [1.54, 1.807) is 13.8 Å². The number of hydrogen-bond donors (Lipinski definition) is 0. The lowest BCUT2D eigenvalue weighted by Gasteiger charge is -2.19. The van der Waals surface area contributed by atoms with Gasteiger partial charge in [-0.2, -0.15) is 4.31 Å². The highest BCUT2D eigenvalue weighted by Crippen LogP contribution is 2.30. The zero-order chi connectivity index (χ0) is 14.9. The number of aryl methyl sites for hydroxylation is 2. The fourth-order valence-electron chi connectivity index (χ4n) is 2.84. The van der Waals surface area contributed by atoms with E-state index < -0.39 is 15.8 Å². The third-order valence-electron chi connectivity index (χ3n) is 3.79. The molecule has 3 nitrogen and oxygen atoms in total. The fourth-order valence-corrected chi connectivity index (χ4v) is 5.09. The molecule has 0 radical (unpaired) electrons. The number of benzene rings is 1. The van der Waals surface area contributed by atoms with Gasteiger partial charge in [0.15, 0.2) is 0 Å². The Morgan fingerprint density at radius 3 is 2.50 bits per heavy atom. The molecule has 1 saturated heterocycles. The van der Waals surface area contributed by atoms with Crippen LogP contribution in [0.2, 0.25) is 0 Å². The molecule has 0 amide bonds. The van der Waals surface area contributed by atoms with Crippen molar-refractivity contribution in [3.63, 3.8) is 0 Å². The van der Waals surface area contributed by atoms with E-state index in [4.69, 9.17) is 11.6 Å². The molecule has 0 bridgehead atoms. The molecule has 1 aliphatic rings. The van der Waals surface area contributed by atoms with Gasteiger partial charge in [0.1, 0.15) is 5.82 Å². The minimum atomic E-state index is -3.54. The summed E-state index contributed by atoms with van der Waals surface area (Å²) >= 11 is 5.72. The van der Waals surface area contributed by atoms with Gasteiger partial charge in [-0.05, 0) is 55.9 Å². The number of sulfonamides is 1. The van der Waals surface area contributed by atoms with Crippen molar-refractivity contribution in [2.45, 2.75) is 31.6 Å². The predicted molar refractivity (Wildman–Crippen MR) is 78.1 cm³/mol. The molecule has 2 rings (SSSR count). The minimum absolute atomic E-state index is 0.241. The van der Waals surface area contributed by atoms with Gasteiger partial charge in [0.25, 0.3) is 0 Å². The third kappa shape index (κ3) is 3.00. The monoisotopic (exact) mass is 319 g/mol. The summed E-state index contributed by atoms with van der Waals surface area (Å²) in [7, 11) is -3.54. The molecule has 1 aliphatic heterocycles. The molecule has 0 aromatic heterocycles. The molecular weight excluding hydrogens is 301 g/mol. The van der Waals surface area contributed by atoms with E-state index >= 15 is 0 Å². The van der Waals surface area contributed by atoms with Crippen LogP contribution in [0.4, 0.5) is 4.39 Å². The first-order valence-corrected chi connectivity index (χ1v) is 8.66. The van der Waals surface area contributed by atoms with Crippen molar-refractivity contribution in [1.29, 1.82) is 0 Å². The van der Waals surface area contributed by atoms with Gasteiger partial charge in [-0.3, -0.25) is 0 Å². The summed E-state index contributed by atoms with van der Waals surface area (Å²) in [6.07, 6.45) is 1.67. The normalized spacial score (nSPS) is 20.5. The summed E-state index contributed by atoms with van der Waals surface area (Å²) < 4.78 is 40.2. The van der Waals surface area contributed by atoms with Crippen LogP contribution in [0.1, 0.15) is 24.0 Å². The highest BCUT2D eigenvalue weighted by molar-refractivity contribution is 7.89. The van der Waals surface area contributed by atoms with Gasteiger partial charge < -0.3 is 0 Å². The molecule has 1 fully saturated rings. The predicted octanol–water partition coefficient (Wildman–Crippen LogP) is 3.08. The number of halogens is 2. The standard InChI is InChI=1S/C14H19ClFNO2S/c1-10-7-13(16)8-11(2)14(10)20(18,19)17-6-4-12(9-17)3-5-15/h7-8,12H,3-6,9H2,1-2H3. The zero-order valence-electron chi connectivity index (χ0n) is 11.7. The van der Waals surface area contributed by atoms with E-state index in [1.165, 1.54) is 16.4 Å². The smallest absolute Gasteiger partial charge is 0.207 e. The first-order valence-electron chi connectivity index (χ1n) is 6.69. The lowest BCUT2D eigenvalue weighted by molar-refractivity contribution is 0.452. The number of rotatable bonds is 4. The molecule has 1 atom stereocenters. The summed E-state index contributed by atoms with van der Waals surface area (Å²) in [5.41, 5.74) is 0.923. The van der Waals surface area contributed by atoms with Crippen LogP contribution in [-0.2, 0) is 10.0 Å². The molecule has 0 saturated carbocycles. The van der Waals surface area contributed by atoms with Crippen molar-refractivity contribution in [2.75, 3.05) is 19.0 Å². The number of nitrogens with zero attached hydrogens (tertiary/aromatic N) is 1. The van der Waals surface area contributed by atoms with Crippen molar-refractivity contribution in [3.05, 3.63) is 29.1 Å². The molecule has 112 valence electrons. The van der Waals surface area contributed by atoms with Gasteiger partial charge in [0.2, 0.25) is 10.0 Å². The summed E-state index contributed by atoms with van der Waals surface area (Å²) in [6.45, 7) is 4.29. The second kappa shape index (κ2) is 6.00. The van der Waals surface area contributed by atoms with Crippen molar-refractivity contribution < 1.29 is 12.8 Å². The van der Waals surface area contributed by atoms with Crippen molar-refractivity contribution >= 4 is 21.6 Å². The summed E-state index contributed by atoms with van der Waals surface area (Å²) in [6, 6.07) is 2.54. The van der Waals surface area contributed by atoms with Crippen molar-refractivity contribution in [1.82, 2.24) is 4.31 Å². The first kappa shape index (κ1) is 15.7. The molecule has 1 aromatic carbocycles. The molecule has 1 unspecified atom stereocenters. The molecule has 20 heavy (non-hydrogen) atoms. The van der Waals surface area contributed by atoms with E-state index in [0.717, 1.165) is 12.8 Å². The summed E-state index contributed by atoms with van der Waals surface area (Å²) in [5.74, 6) is 0.469. The average Bonchev–Trinajstić information content (AvgIpc) is 2.76. The highest BCUT2D eigenvalue weighted by Gasteiger charge is 2.34. The second-order valence-corrected chi connectivity index (χ2v) is 7.62. The summed E-state index contributed by atoms with van der Waals surface area (Å²) in [4.78, 5) is 0.241. The molecule has 0 N–H and O–H groups in total. The van der Waals surface area contributed by atoms with Crippen LogP contribution >= 0.6 is 11.6 Å². The minimum Gasteiger partial charge on any atom is -0.207 e. The molecule has 1 heterocycles. The Morgan fingerprint density at radius 1 is 1.35 bits per heavy atom. The van der Waals surface area contributed by atoms with Gasteiger partial charge in [-0.15, -0.1) is 11.6 Å². The number of alkyl halides is 1. The molecule has 0 spiro atoms. The Hall–Kier alpha value is -0.650. The Labute approximate surface area is 124 Å². The van der Waals surface area contributed by atoms with E-state index in [-0.39, 0.29) is 4.90 Å². The van der Waals surface area contributed by atoms with Gasteiger partial charge in [0, 0.05) is 19.0 Å². The average molecular weight is 320 g/mol. The third-order valence-corrected chi connectivity index (χ3v) is 6.18. The maximum absolute atomic E-state index is 13.3.